The van der Waals surface area contributed by atoms with Crippen LogP contribution in [-0.4, -0.2) is 57.9 Å². The van der Waals surface area contributed by atoms with E-state index in [0.29, 0.717) is 48.3 Å². The highest BCUT2D eigenvalue weighted by molar-refractivity contribution is 5.99. The number of nitrogens with two attached hydrogens (primary N) is 1. The Balaban J connectivity index is 1.31. The molecule has 0 bridgehead atoms. The first kappa shape index (κ1) is 20.4. The number of amides is 2. The van der Waals surface area contributed by atoms with Crippen LogP contribution in [0.2, 0.25) is 0 Å². The van der Waals surface area contributed by atoms with Crippen molar-refractivity contribution < 1.29 is 14.3 Å². The van der Waals surface area contributed by atoms with Crippen molar-refractivity contribution in [1.29, 1.82) is 0 Å². The van der Waals surface area contributed by atoms with Gasteiger partial charge in [0.05, 0.1) is 17.6 Å². The molecular weight excluding hydrogens is 408 g/mol. The van der Waals surface area contributed by atoms with Crippen molar-refractivity contribution in [3.8, 4) is 0 Å². The first-order valence-corrected chi connectivity index (χ1v) is 10.9. The maximum atomic E-state index is 13.0. The van der Waals surface area contributed by atoms with E-state index in [1.165, 1.54) is 0 Å². The van der Waals surface area contributed by atoms with Gasteiger partial charge >= 0.3 is 0 Å². The Morgan fingerprint density at radius 2 is 2.06 bits per heavy atom. The van der Waals surface area contributed by atoms with Crippen molar-refractivity contribution in [2.45, 2.75) is 31.8 Å². The molecule has 3 aromatic rings. The average Bonchev–Trinajstić information content (AvgIpc) is 3.24. The number of aromatic amines is 1. The molecule has 0 aliphatic carbocycles. The highest BCUT2D eigenvalue weighted by Gasteiger charge is 2.28. The number of imidazole rings is 1. The van der Waals surface area contributed by atoms with E-state index in [2.05, 4.69) is 20.3 Å². The van der Waals surface area contributed by atoms with Crippen LogP contribution >= 0.6 is 0 Å². The number of nitrogens with zero attached hydrogens (tertiary/aromatic N) is 3. The van der Waals surface area contributed by atoms with Gasteiger partial charge in [-0.2, -0.15) is 0 Å². The molecule has 2 saturated heterocycles. The molecule has 0 spiro atoms. The number of carbonyl (C=O) groups is 2. The van der Waals surface area contributed by atoms with Crippen molar-refractivity contribution in [2.24, 2.45) is 0 Å². The van der Waals surface area contributed by atoms with E-state index < -0.39 is 0 Å². The van der Waals surface area contributed by atoms with Gasteiger partial charge in [-0.05, 0) is 55.0 Å². The number of likely N-dealkylation sites (tertiary alicyclic amines) is 1. The molecule has 5 rings (SSSR count). The highest BCUT2D eigenvalue weighted by Crippen LogP contribution is 2.33. The number of nitrogen functional groups attached to an aromatic ring is 1. The van der Waals surface area contributed by atoms with Gasteiger partial charge < -0.3 is 25.7 Å². The first-order valence-electron chi connectivity index (χ1n) is 10.9. The van der Waals surface area contributed by atoms with Crippen LogP contribution in [0.4, 0.5) is 5.69 Å². The Morgan fingerprint density at radius 3 is 2.78 bits per heavy atom. The van der Waals surface area contributed by atoms with Gasteiger partial charge in [-0.15, -0.1) is 0 Å². The topological polar surface area (TPSA) is 126 Å². The minimum absolute atomic E-state index is 0.0128. The van der Waals surface area contributed by atoms with Crippen LogP contribution in [0.25, 0.3) is 11.2 Å². The van der Waals surface area contributed by atoms with Crippen molar-refractivity contribution >= 4 is 28.7 Å². The van der Waals surface area contributed by atoms with E-state index in [0.717, 1.165) is 29.5 Å². The second-order valence-electron chi connectivity index (χ2n) is 8.48. The molecule has 166 valence electrons. The molecule has 4 heterocycles. The lowest BCUT2D eigenvalue weighted by Crippen LogP contribution is -2.39. The third kappa shape index (κ3) is 3.80. The summed E-state index contributed by atoms with van der Waals surface area (Å²) in [6.07, 6.45) is 3.16. The fourth-order valence-electron chi connectivity index (χ4n) is 4.55. The molecule has 2 aliphatic heterocycles. The van der Waals surface area contributed by atoms with Gasteiger partial charge in [-0.1, -0.05) is 6.07 Å². The normalized spacial score (nSPS) is 19.8. The van der Waals surface area contributed by atoms with Gasteiger partial charge in [0.25, 0.3) is 5.91 Å². The molecular formula is C23H26N6O3. The molecule has 2 fully saturated rings. The summed E-state index contributed by atoms with van der Waals surface area (Å²) < 4.78 is 5.60. The number of pyridine rings is 1. The lowest BCUT2D eigenvalue weighted by atomic mass is 9.89. The number of hydrogen-bond acceptors (Lipinski definition) is 6. The Hall–Kier alpha value is -3.46. The molecule has 2 aromatic heterocycles. The van der Waals surface area contributed by atoms with Gasteiger partial charge in [-0.3, -0.25) is 9.59 Å². The number of anilines is 1. The number of ether oxygens (including phenoxy) is 1. The monoisotopic (exact) mass is 434 g/mol. The summed E-state index contributed by atoms with van der Waals surface area (Å²) in [4.78, 5) is 38.6. The molecule has 2 aliphatic rings. The zero-order valence-electron chi connectivity index (χ0n) is 17.9. The Kier molecular flexibility index (Phi) is 5.26. The van der Waals surface area contributed by atoms with Gasteiger partial charge in [-0.25, -0.2) is 9.97 Å². The van der Waals surface area contributed by atoms with Crippen LogP contribution < -0.4 is 11.1 Å². The molecule has 0 radical (unpaired) electrons. The number of benzene rings is 1. The highest BCUT2D eigenvalue weighted by atomic mass is 16.5. The van der Waals surface area contributed by atoms with Gasteiger partial charge in [0.1, 0.15) is 18.5 Å². The van der Waals surface area contributed by atoms with Crippen LogP contribution in [0.5, 0.6) is 0 Å². The van der Waals surface area contributed by atoms with Crippen LogP contribution in [0.1, 0.15) is 52.2 Å². The van der Waals surface area contributed by atoms with Crippen molar-refractivity contribution in [3.05, 3.63) is 53.0 Å². The first-order chi connectivity index (χ1) is 15.5. The van der Waals surface area contributed by atoms with Crippen LogP contribution in [0.15, 0.2) is 30.5 Å². The summed E-state index contributed by atoms with van der Waals surface area (Å²) >= 11 is 0. The number of nitrogens with one attached hydrogen (secondary N) is 2. The molecule has 0 saturated carbocycles. The Labute approximate surface area is 185 Å². The van der Waals surface area contributed by atoms with Gasteiger partial charge in [0, 0.05) is 25.0 Å². The molecule has 9 heteroatoms. The SMILES string of the molecule is Cc1ccc(C(=O)N2CCC(c3ccnc4nc(C5CNC(=O)CO5)[nH]c34)CC2)c(N)c1. The maximum Gasteiger partial charge on any atom is 0.255 e. The smallest absolute Gasteiger partial charge is 0.255 e. The van der Waals surface area contributed by atoms with Crippen LogP contribution in [0.3, 0.4) is 0 Å². The van der Waals surface area contributed by atoms with E-state index in [4.69, 9.17) is 10.5 Å². The van der Waals surface area contributed by atoms with Crippen LogP contribution in [-0.2, 0) is 9.53 Å². The standard InChI is InChI=1S/C23H26N6O3/c1-13-2-3-16(17(24)10-13)23(31)29-8-5-14(6-9-29)15-4-7-25-22-20(15)27-21(28-22)18-11-26-19(30)12-32-18/h2-4,7,10,14,18H,5-6,8-9,11-12,24H2,1H3,(H,26,30)(H,25,27,28). The summed E-state index contributed by atoms with van der Waals surface area (Å²) in [7, 11) is 0. The number of H-pyrrole nitrogens is 1. The Bertz CT molecular complexity index is 1170. The number of rotatable bonds is 3. The minimum atomic E-state index is -0.311. The molecule has 1 aromatic carbocycles. The number of carbonyl (C=O) groups excluding carboxylic acids is 2. The van der Waals surface area contributed by atoms with Crippen molar-refractivity contribution in [1.82, 2.24) is 25.2 Å². The number of aromatic nitrogens is 3. The number of morpholine rings is 1. The fraction of sp³-hybridized carbons (Fsp3) is 0.391. The molecule has 9 nitrogen and oxygen atoms in total. The number of fused-ring (bicyclic) bond motifs is 1. The number of aryl methyl sites for hydroxylation is 1. The summed E-state index contributed by atoms with van der Waals surface area (Å²) in [5.74, 6) is 0.827. The van der Waals surface area contributed by atoms with E-state index in [1.54, 1.807) is 6.20 Å². The summed E-state index contributed by atoms with van der Waals surface area (Å²) in [5.41, 5.74) is 10.9. The molecule has 1 unspecified atom stereocenters. The fourth-order valence-corrected chi connectivity index (χ4v) is 4.55. The van der Waals surface area contributed by atoms with E-state index >= 15 is 0 Å². The molecule has 1 atom stereocenters. The predicted molar refractivity (Wildman–Crippen MR) is 119 cm³/mol. The van der Waals surface area contributed by atoms with Crippen molar-refractivity contribution in [2.75, 3.05) is 32.0 Å². The van der Waals surface area contributed by atoms with Gasteiger partial charge in [0.15, 0.2) is 5.65 Å². The lowest BCUT2D eigenvalue weighted by molar-refractivity contribution is -0.133. The largest absolute Gasteiger partial charge is 0.398 e. The average molecular weight is 435 g/mol. The van der Waals surface area contributed by atoms with E-state index in [-0.39, 0.29) is 24.5 Å². The zero-order chi connectivity index (χ0) is 22.2. The molecule has 4 N–H and O–H groups in total. The Morgan fingerprint density at radius 1 is 1.25 bits per heavy atom. The number of hydrogen-bond donors (Lipinski definition) is 3. The molecule has 2 amide bonds. The summed E-state index contributed by atoms with van der Waals surface area (Å²) in [6, 6.07) is 7.59. The minimum Gasteiger partial charge on any atom is -0.398 e. The maximum absolute atomic E-state index is 13.0. The van der Waals surface area contributed by atoms with Crippen LogP contribution in [0, 0.1) is 6.92 Å². The lowest BCUT2D eigenvalue weighted by Gasteiger charge is -2.32. The second-order valence-corrected chi connectivity index (χ2v) is 8.48. The zero-order valence-corrected chi connectivity index (χ0v) is 17.9. The van der Waals surface area contributed by atoms with E-state index in [1.807, 2.05) is 36.1 Å². The van der Waals surface area contributed by atoms with Crippen molar-refractivity contribution in [3.63, 3.8) is 0 Å². The van der Waals surface area contributed by atoms with Gasteiger partial charge in [0.2, 0.25) is 5.91 Å². The predicted octanol–water partition coefficient (Wildman–Crippen LogP) is 2.06. The summed E-state index contributed by atoms with van der Waals surface area (Å²) in [6.45, 7) is 3.71. The number of piperidine rings is 1. The second kappa shape index (κ2) is 8.23. The van der Waals surface area contributed by atoms with E-state index in [9.17, 15) is 9.59 Å². The third-order valence-electron chi connectivity index (χ3n) is 6.31. The third-order valence-corrected chi connectivity index (χ3v) is 6.31. The summed E-state index contributed by atoms with van der Waals surface area (Å²) in [5, 5.41) is 2.80. The quantitative estimate of drug-likeness (QED) is 0.542. The molecule has 32 heavy (non-hydrogen) atoms.